The van der Waals surface area contributed by atoms with Crippen molar-refractivity contribution < 1.29 is 9.90 Å². The lowest BCUT2D eigenvalue weighted by molar-refractivity contribution is -0.110. The van der Waals surface area contributed by atoms with E-state index >= 15 is 0 Å². The third-order valence-electron chi connectivity index (χ3n) is 4.04. The predicted octanol–water partition coefficient (Wildman–Crippen LogP) is 3.13. The van der Waals surface area contributed by atoms with Crippen molar-refractivity contribution in [1.82, 2.24) is 4.98 Å². The Morgan fingerprint density at radius 1 is 1.17 bits per heavy atom. The van der Waals surface area contributed by atoms with Crippen LogP contribution in [0, 0.1) is 0 Å². The van der Waals surface area contributed by atoms with E-state index in [1.54, 1.807) is 12.4 Å². The van der Waals surface area contributed by atoms with Crippen LogP contribution in [0.1, 0.15) is 11.1 Å². The summed E-state index contributed by atoms with van der Waals surface area (Å²) < 4.78 is 0. The molecule has 118 valence electrons. The van der Waals surface area contributed by atoms with Crippen molar-refractivity contribution in [3.05, 3.63) is 72.1 Å². The molecule has 5 nitrogen and oxygen atoms in total. The lowest BCUT2D eigenvalue weighted by Gasteiger charge is -2.06. The Morgan fingerprint density at radius 2 is 2.08 bits per heavy atom. The van der Waals surface area contributed by atoms with Crippen molar-refractivity contribution in [1.29, 1.82) is 0 Å². The van der Waals surface area contributed by atoms with Crippen molar-refractivity contribution in [2.45, 2.75) is 6.61 Å². The summed E-state index contributed by atoms with van der Waals surface area (Å²) in [5.41, 5.74) is 4.69. The summed E-state index contributed by atoms with van der Waals surface area (Å²) in [6.07, 6.45) is 3.44. The number of carbonyl (C=O) groups excluding carboxylic acids is 1. The second-order valence-electron chi connectivity index (χ2n) is 5.57. The number of hydrogen-bond donors (Lipinski definition) is 3. The first kappa shape index (κ1) is 14.4. The first-order valence-corrected chi connectivity index (χ1v) is 7.62. The van der Waals surface area contributed by atoms with E-state index in [-0.39, 0.29) is 12.5 Å². The Kier molecular flexibility index (Phi) is 3.48. The molecule has 0 unspecified atom stereocenters. The van der Waals surface area contributed by atoms with Gasteiger partial charge in [-0.1, -0.05) is 18.2 Å². The minimum Gasteiger partial charge on any atom is -0.392 e. The molecule has 1 amide bonds. The van der Waals surface area contributed by atoms with Crippen LogP contribution < -0.4 is 10.6 Å². The minimum atomic E-state index is -0.146. The number of rotatable bonds is 3. The smallest absolute Gasteiger partial charge is 0.257 e. The molecule has 24 heavy (non-hydrogen) atoms. The summed E-state index contributed by atoms with van der Waals surface area (Å²) in [5.74, 6) is -0.146. The minimum absolute atomic E-state index is 0.0221. The van der Waals surface area contributed by atoms with E-state index in [1.807, 2.05) is 48.5 Å². The van der Waals surface area contributed by atoms with Crippen LogP contribution in [0.3, 0.4) is 0 Å². The summed E-state index contributed by atoms with van der Waals surface area (Å²) in [4.78, 5) is 16.7. The fourth-order valence-corrected chi connectivity index (χ4v) is 2.90. The van der Waals surface area contributed by atoms with E-state index in [0.717, 1.165) is 33.4 Å². The van der Waals surface area contributed by atoms with Crippen LogP contribution in [0.25, 0.3) is 16.5 Å². The van der Waals surface area contributed by atoms with Crippen LogP contribution in [0.4, 0.5) is 11.4 Å². The van der Waals surface area contributed by atoms with Gasteiger partial charge >= 0.3 is 0 Å². The number of anilines is 2. The second kappa shape index (κ2) is 5.79. The Hall–Kier alpha value is -3.18. The molecule has 2 heterocycles. The number of aliphatic hydroxyl groups excluding tert-OH is 1. The maximum absolute atomic E-state index is 12.3. The van der Waals surface area contributed by atoms with Gasteiger partial charge in [-0.15, -0.1) is 0 Å². The number of hydrogen-bond acceptors (Lipinski definition) is 4. The molecule has 1 aliphatic heterocycles. The molecular weight excluding hydrogens is 302 g/mol. The fraction of sp³-hybridized carbons (Fsp3) is 0.0526. The van der Waals surface area contributed by atoms with Crippen molar-refractivity contribution >= 4 is 33.8 Å². The zero-order valence-electron chi connectivity index (χ0n) is 12.8. The lowest BCUT2D eigenvalue weighted by Crippen LogP contribution is -2.05. The Bertz CT molecular complexity index is 979. The number of aliphatic hydroxyl groups is 1. The maximum atomic E-state index is 12.3. The third-order valence-corrected chi connectivity index (χ3v) is 4.04. The van der Waals surface area contributed by atoms with Crippen LogP contribution in [-0.4, -0.2) is 16.0 Å². The quantitative estimate of drug-likeness (QED) is 0.649. The van der Waals surface area contributed by atoms with Gasteiger partial charge in [0, 0.05) is 34.7 Å². The maximum Gasteiger partial charge on any atom is 0.257 e. The molecular formula is C19H15N3O2. The number of carbonyl (C=O) groups is 1. The molecule has 3 aromatic rings. The van der Waals surface area contributed by atoms with Crippen molar-refractivity contribution in [3.63, 3.8) is 0 Å². The third kappa shape index (κ3) is 2.41. The highest BCUT2D eigenvalue weighted by atomic mass is 16.3. The van der Waals surface area contributed by atoms with Crippen molar-refractivity contribution in [2.75, 3.05) is 10.6 Å². The second-order valence-corrected chi connectivity index (χ2v) is 5.57. The van der Waals surface area contributed by atoms with Gasteiger partial charge in [0.25, 0.3) is 5.91 Å². The van der Waals surface area contributed by atoms with Gasteiger partial charge in [0.15, 0.2) is 0 Å². The molecule has 0 bridgehead atoms. The molecule has 0 fully saturated rings. The van der Waals surface area contributed by atoms with Gasteiger partial charge in [-0.05, 0) is 35.9 Å². The molecule has 0 aliphatic carbocycles. The van der Waals surface area contributed by atoms with Gasteiger partial charge in [0.1, 0.15) is 0 Å². The van der Waals surface area contributed by atoms with Crippen LogP contribution >= 0.6 is 0 Å². The zero-order valence-corrected chi connectivity index (χ0v) is 12.8. The number of pyridine rings is 1. The van der Waals surface area contributed by atoms with Gasteiger partial charge in [0.2, 0.25) is 0 Å². The molecule has 1 aromatic heterocycles. The Balaban J connectivity index is 1.77. The highest BCUT2D eigenvalue weighted by Crippen LogP contribution is 2.37. The topological polar surface area (TPSA) is 74.2 Å². The van der Waals surface area contributed by atoms with Crippen LogP contribution in [0.2, 0.25) is 0 Å². The van der Waals surface area contributed by atoms with Crippen LogP contribution in [0.5, 0.6) is 0 Å². The highest BCUT2D eigenvalue weighted by Gasteiger charge is 2.26. The Labute approximate surface area is 138 Å². The molecule has 4 rings (SSSR count). The summed E-state index contributed by atoms with van der Waals surface area (Å²) in [7, 11) is 0. The lowest BCUT2D eigenvalue weighted by atomic mass is 10.0. The molecule has 3 N–H and O–H groups in total. The SMILES string of the molecule is O=C1Nc2ccc3ncccc3c2/C1=C/Nc1cccc(CO)c1. The predicted molar refractivity (Wildman–Crippen MR) is 94.3 cm³/mol. The van der Waals surface area contributed by atoms with Gasteiger partial charge in [-0.3, -0.25) is 9.78 Å². The van der Waals surface area contributed by atoms with E-state index in [4.69, 9.17) is 0 Å². The fourth-order valence-electron chi connectivity index (χ4n) is 2.90. The first-order chi connectivity index (χ1) is 11.8. The zero-order chi connectivity index (χ0) is 16.5. The molecule has 0 saturated carbocycles. The van der Waals surface area contributed by atoms with E-state index in [9.17, 15) is 9.90 Å². The molecule has 0 atom stereocenters. The molecule has 0 radical (unpaired) electrons. The van der Waals surface area contributed by atoms with Gasteiger partial charge in [0.05, 0.1) is 17.7 Å². The number of aromatic nitrogens is 1. The first-order valence-electron chi connectivity index (χ1n) is 7.62. The molecule has 1 aliphatic rings. The summed E-state index contributed by atoms with van der Waals surface area (Å²) in [6.45, 7) is -0.0221. The number of nitrogens with one attached hydrogen (secondary N) is 2. The van der Waals surface area contributed by atoms with E-state index in [1.165, 1.54) is 0 Å². The number of nitrogens with zero attached hydrogens (tertiary/aromatic N) is 1. The van der Waals surface area contributed by atoms with Crippen molar-refractivity contribution in [2.24, 2.45) is 0 Å². The van der Waals surface area contributed by atoms with Crippen LogP contribution in [-0.2, 0) is 11.4 Å². The van der Waals surface area contributed by atoms with Crippen molar-refractivity contribution in [3.8, 4) is 0 Å². The van der Waals surface area contributed by atoms with Gasteiger partial charge < -0.3 is 15.7 Å². The molecule has 2 aromatic carbocycles. The number of fused-ring (bicyclic) bond motifs is 3. The number of benzene rings is 2. The summed E-state index contributed by atoms with van der Waals surface area (Å²) in [6, 6.07) is 15.0. The van der Waals surface area contributed by atoms with E-state index < -0.39 is 0 Å². The highest BCUT2D eigenvalue weighted by molar-refractivity contribution is 6.34. The summed E-state index contributed by atoms with van der Waals surface area (Å²) >= 11 is 0. The van der Waals surface area contributed by atoms with E-state index in [2.05, 4.69) is 15.6 Å². The molecule has 5 heteroatoms. The average Bonchev–Trinajstić information content (AvgIpc) is 2.96. The largest absolute Gasteiger partial charge is 0.392 e. The van der Waals surface area contributed by atoms with Gasteiger partial charge in [-0.25, -0.2) is 0 Å². The van der Waals surface area contributed by atoms with E-state index in [0.29, 0.717) is 5.57 Å². The molecule has 0 spiro atoms. The average molecular weight is 317 g/mol. The Morgan fingerprint density at radius 3 is 2.96 bits per heavy atom. The standard InChI is InChI=1S/C19H15N3O2/c23-11-12-3-1-4-13(9-12)21-10-15-18-14-5-2-8-20-16(14)6-7-17(18)22-19(15)24/h1-10,21,23H,11H2,(H,22,24)/b15-10-. The molecule has 0 saturated heterocycles. The van der Waals surface area contributed by atoms with Gasteiger partial charge in [-0.2, -0.15) is 0 Å². The number of amides is 1. The van der Waals surface area contributed by atoms with Crippen LogP contribution in [0.15, 0.2) is 60.9 Å². The normalized spacial score (nSPS) is 14.7. The monoisotopic (exact) mass is 317 g/mol. The summed E-state index contributed by atoms with van der Waals surface area (Å²) in [5, 5.41) is 16.2.